The van der Waals surface area contributed by atoms with E-state index in [4.69, 9.17) is 0 Å². The summed E-state index contributed by atoms with van der Waals surface area (Å²) in [5.41, 5.74) is 1.96. The van der Waals surface area contributed by atoms with Crippen LogP contribution in [-0.2, 0) is 0 Å². The Labute approximate surface area is 140 Å². The topological polar surface area (TPSA) is 32.3 Å². The zero-order valence-electron chi connectivity index (χ0n) is 12.9. The van der Waals surface area contributed by atoms with Gasteiger partial charge in [0.2, 0.25) is 0 Å². The summed E-state index contributed by atoms with van der Waals surface area (Å²) in [5.74, 6) is 0. The summed E-state index contributed by atoms with van der Waals surface area (Å²) in [6.45, 7) is 2.13. The molecule has 0 fully saturated rings. The van der Waals surface area contributed by atoms with E-state index in [1.54, 1.807) is 4.90 Å². The van der Waals surface area contributed by atoms with E-state index in [9.17, 15) is 4.79 Å². The van der Waals surface area contributed by atoms with Crippen LogP contribution in [0.4, 0.5) is 10.5 Å². The van der Waals surface area contributed by atoms with Gasteiger partial charge in [0.15, 0.2) is 0 Å². The van der Waals surface area contributed by atoms with Crippen LogP contribution in [0, 0.1) is 0 Å². The molecule has 3 nitrogen and oxygen atoms in total. The summed E-state index contributed by atoms with van der Waals surface area (Å²) in [5, 5.41) is 2.94. The average Bonchev–Trinajstić information content (AvgIpc) is 2.54. The third kappa shape index (κ3) is 4.34. The summed E-state index contributed by atoms with van der Waals surface area (Å²) < 4.78 is 1.04. The normalized spacial score (nSPS) is 11.8. The van der Waals surface area contributed by atoms with E-state index in [1.807, 2.05) is 49.5 Å². The maximum atomic E-state index is 12.5. The quantitative estimate of drug-likeness (QED) is 0.754. The Morgan fingerprint density at radius 1 is 1.14 bits per heavy atom. The second kappa shape index (κ2) is 7.99. The van der Waals surface area contributed by atoms with Gasteiger partial charge in [-0.1, -0.05) is 59.6 Å². The van der Waals surface area contributed by atoms with Crippen molar-refractivity contribution in [2.75, 3.05) is 12.4 Å². The first-order chi connectivity index (χ1) is 10.6. The van der Waals surface area contributed by atoms with E-state index in [2.05, 4.69) is 40.3 Å². The monoisotopic (exact) mass is 360 g/mol. The number of hydrogen-bond donors (Lipinski definition) is 1. The SMILES string of the molecule is CCCC(c1ccc(Br)cc1)N(C)C(=O)Nc1ccccc1. The highest BCUT2D eigenvalue weighted by Crippen LogP contribution is 2.26. The Kier molecular flexibility index (Phi) is 6.01. The number of urea groups is 1. The number of nitrogens with zero attached hydrogens (tertiary/aromatic N) is 1. The molecule has 0 aliphatic rings. The summed E-state index contributed by atoms with van der Waals surface area (Å²) in [6, 6.07) is 17.7. The van der Waals surface area contributed by atoms with E-state index in [-0.39, 0.29) is 12.1 Å². The number of amides is 2. The van der Waals surface area contributed by atoms with Crippen LogP contribution in [-0.4, -0.2) is 18.0 Å². The van der Waals surface area contributed by atoms with Crippen LogP contribution >= 0.6 is 15.9 Å². The second-order valence-electron chi connectivity index (χ2n) is 5.26. The molecule has 0 spiro atoms. The number of benzene rings is 2. The van der Waals surface area contributed by atoms with Crippen molar-refractivity contribution in [3.05, 3.63) is 64.6 Å². The molecule has 2 amide bonds. The Balaban J connectivity index is 2.13. The van der Waals surface area contributed by atoms with Crippen LogP contribution in [0.3, 0.4) is 0 Å². The lowest BCUT2D eigenvalue weighted by Gasteiger charge is -2.28. The number of hydrogen-bond acceptors (Lipinski definition) is 1. The Hall–Kier alpha value is -1.81. The number of carbonyl (C=O) groups is 1. The zero-order valence-corrected chi connectivity index (χ0v) is 14.5. The lowest BCUT2D eigenvalue weighted by molar-refractivity contribution is 0.200. The minimum atomic E-state index is -0.0902. The first-order valence-electron chi connectivity index (χ1n) is 7.46. The van der Waals surface area contributed by atoms with Crippen molar-refractivity contribution < 1.29 is 4.79 Å². The highest BCUT2D eigenvalue weighted by Gasteiger charge is 2.21. The Bertz CT molecular complexity index is 598. The molecule has 0 aliphatic carbocycles. The lowest BCUT2D eigenvalue weighted by Crippen LogP contribution is -2.34. The molecule has 0 heterocycles. The zero-order chi connectivity index (χ0) is 15.9. The molecule has 0 aliphatic heterocycles. The smallest absolute Gasteiger partial charge is 0.321 e. The van der Waals surface area contributed by atoms with Gasteiger partial charge in [0, 0.05) is 17.2 Å². The molecule has 0 radical (unpaired) electrons. The molecule has 1 atom stereocenters. The number of para-hydroxylation sites is 1. The number of rotatable bonds is 5. The fraction of sp³-hybridized carbons (Fsp3) is 0.278. The predicted molar refractivity (Wildman–Crippen MR) is 95.0 cm³/mol. The standard InChI is InChI=1S/C18H21BrN2O/c1-3-7-17(14-10-12-15(19)13-11-14)21(2)18(22)20-16-8-5-4-6-9-16/h4-6,8-13,17H,3,7H2,1-2H3,(H,20,22). The van der Waals surface area contributed by atoms with Gasteiger partial charge in [-0.2, -0.15) is 0 Å². The summed E-state index contributed by atoms with van der Waals surface area (Å²) >= 11 is 3.45. The van der Waals surface area contributed by atoms with Gasteiger partial charge in [0.05, 0.1) is 6.04 Å². The molecular weight excluding hydrogens is 340 g/mol. The molecule has 4 heteroatoms. The highest BCUT2D eigenvalue weighted by atomic mass is 79.9. The second-order valence-corrected chi connectivity index (χ2v) is 6.18. The van der Waals surface area contributed by atoms with Crippen molar-refractivity contribution in [2.45, 2.75) is 25.8 Å². The number of carbonyl (C=O) groups excluding carboxylic acids is 1. The van der Waals surface area contributed by atoms with E-state index in [1.165, 1.54) is 0 Å². The summed E-state index contributed by atoms with van der Waals surface area (Å²) in [7, 11) is 1.85. The molecule has 1 N–H and O–H groups in total. The Morgan fingerprint density at radius 3 is 2.36 bits per heavy atom. The van der Waals surface area contributed by atoms with Crippen molar-refractivity contribution >= 4 is 27.6 Å². The summed E-state index contributed by atoms with van der Waals surface area (Å²) in [6.07, 6.45) is 1.95. The molecule has 0 saturated heterocycles. The van der Waals surface area contributed by atoms with E-state index in [0.29, 0.717) is 0 Å². The Morgan fingerprint density at radius 2 is 1.77 bits per heavy atom. The van der Waals surface area contributed by atoms with Crippen molar-refractivity contribution in [1.29, 1.82) is 0 Å². The molecule has 2 aromatic rings. The maximum Gasteiger partial charge on any atom is 0.322 e. The van der Waals surface area contributed by atoms with Crippen LogP contribution in [0.1, 0.15) is 31.4 Å². The number of halogens is 1. The van der Waals surface area contributed by atoms with Gasteiger partial charge in [-0.15, -0.1) is 0 Å². The molecule has 0 aromatic heterocycles. The first-order valence-corrected chi connectivity index (χ1v) is 8.25. The number of nitrogens with one attached hydrogen (secondary N) is 1. The van der Waals surface area contributed by atoms with Crippen molar-refractivity contribution in [3.63, 3.8) is 0 Å². The minimum Gasteiger partial charge on any atom is -0.321 e. The van der Waals surface area contributed by atoms with Crippen LogP contribution in [0.15, 0.2) is 59.1 Å². The van der Waals surface area contributed by atoms with Gasteiger partial charge < -0.3 is 10.2 Å². The van der Waals surface area contributed by atoms with Gasteiger partial charge in [0.25, 0.3) is 0 Å². The minimum absolute atomic E-state index is 0.0711. The molecule has 22 heavy (non-hydrogen) atoms. The average molecular weight is 361 g/mol. The molecule has 2 aromatic carbocycles. The fourth-order valence-corrected chi connectivity index (χ4v) is 2.68. The fourth-order valence-electron chi connectivity index (χ4n) is 2.42. The van der Waals surface area contributed by atoms with Gasteiger partial charge in [-0.05, 0) is 36.2 Å². The molecule has 116 valence electrons. The van der Waals surface area contributed by atoms with Crippen LogP contribution in [0.25, 0.3) is 0 Å². The van der Waals surface area contributed by atoms with Crippen molar-refractivity contribution in [2.24, 2.45) is 0 Å². The lowest BCUT2D eigenvalue weighted by atomic mass is 10.0. The molecule has 0 saturated carbocycles. The van der Waals surface area contributed by atoms with Crippen LogP contribution < -0.4 is 5.32 Å². The predicted octanol–water partition coefficient (Wildman–Crippen LogP) is 5.45. The van der Waals surface area contributed by atoms with E-state index in [0.717, 1.165) is 28.6 Å². The van der Waals surface area contributed by atoms with Gasteiger partial charge in [-0.25, -0.2) is 4.79 Å². The van der Waals surface area contributed by atoms with E-state index >= 15 is 0 Å². The van der Waals surface area contributed by atoms with Crippen LogP contribution in [0.5, 0.6) is 0 Å². The first kappa shape index (κ1) is 16.6. The van der Waals surface area contributed by atoms with Gasteiger partial charge in [0.1, 0.15) is 0 Å². The van der Waals surface area contributed by atoms with Crippen LogP contribution in [0.2, 0.25) is 0 Å². The van der Waals surface area contributed by atoms with Crippen molar-refractivity contribution in [1.82, 2.24) is 4.90 Å². The molecule has 0 bridgehead atoms. The van der Waals surface area contributed by atoms with Crippen molar-refractivity contribution in [3.8, 4) is 0 Å². The molecule has 2 rings (SSSR count). The van der Waals surface area contributed by atoms with Gasteiger partial charge >= 0.3 is 6.03 Å². The molecule has 1 unspecified atom stereocenters. The van der Waals surface area contributed by atoms with Gasteiger partial charge in [-0.3, -0.25) is 0 Å². The van der Waals surface area contributed by atoms with E-state index < -0.39 is 0 Å². The third-order valence-electron chi connectivity index (χ3n) is 3.63. The third-order valence-corrected chi connectivity index (χ3v) is 4.16. The highest BCUT2D eigenvalue weighted by molar-refractivity contribution is 9.10. The molecular formula is C18H21BrN2O. The number of anilines is 1. The maximum absolute atomic E-state index is 12.5. The summed E-state index contributed by atoms with van der Waals surface area (Å²) in [4.78, 5) is 14.3. The largest absolute Gasteiger partial charge is 0.322 e.